The first kappa shape index (κ1) is 14.6. The molecular weight excluding hydrogens is 254 g/mol. The molecule has 108 valence electrons. The summed E-state index contributed by atoms with van der Waals surface area (Å²) < 4.78 is 11.2. The first-order valence-corrected chi connectivity index (χ1v) is 6.89. The van der Waals surface area contributed by atoms with Crippen molar-refractivity contribution in [2.24, 2.45) is 0 Å². The van der Waals surface area contributed by atoms with Gasteiger partial charge < -0.3 is 14.4 Å². The van der Waals surface area contributed by atoms with Gasteiger partial charge in [-0.1, -0.05) is 24.8 Å². The average molecular weight is 275 g/mol. The predicted octanol–water partition coefficient (Wildman–Crippen LogP) is 2.39. The summed E-state index contributed by atoms with van der Waals surface area (Å²) in [5.74, 6) is 0.861. The number of carbonyl (C=O) groups is 1. The van der Waals surface area contributed by atoms with Crippen molar-refractivity contribution in [3.63, 3.8) is 0 Å². The van der Waals surface area contributed by atoms with E-state index < -0.39 is 0 Å². The van der Waals surface area contributed by atoms with Crippen LogP contribution in [0.5, 0.6) is 5.75 Å². The van der Waals surface area contributed by atoms with Gasteiger partial charge in [-0.05, 0) is 25.0 Å². The quantitative estimate of drug-likeness (QED) is 0.775. The molecule has 1 heterocycles. The summed E-state index contributed by atoms with van der Waals surface area (Å²) in [5.41, 5.74) is 1.06. The summed E-state index contributed by atoms with van der Waals surface area (Å²) in [6, 6.07) is 7.87. The van der Waals surface area contributed by atoms with Gasteiger partial charge in [-0.3, -0.25) is 4.79 Å². The minimum absolute atomic E-state index is 0.00757. The van der Waals surface area contributed by atoms with Gasteiger partial charge in [0.1, 0.15) is 5.75 Å². The van der Waals surface area contributed by atoms with Crippen LogP contribution < -0.4 is 4.74 Å². The number of piperidine rings is 1. The van der Waals surface area contributed by atoms with E-state index in [2.05, 4.69) is 6.58 Å². The van der Waals surface area contributed by atoms with Crippen LogP contribution in [0.4, 0.5) is 0 Å². The van der Waals surface area contributed by atoms with E-state index >= 15 is 0 Å². The van der Waals surface area contributed by atoms with Crippen LogP contribution in [0.1, 0.15) is 18.4 Å². The van der Waals surface area contributed by atoms with Gasteiger partial charge in [0.2, 0.25) is 5.91 Å². The first-order valence-electron chi connectivity index (χ1n) is 6.89. The Kier molecular flexibility index (Phi) is 5.18. The maximum Gasteiger partial charge on any atom is 0.245 e. The van der Waals surface area contributed by atoms with Crippen molar-refractivity contribution in [1.29, 1.82) is 0 Å². The molecule has 1 saturated heterocycles. The summed E-state index contributed by atoms with van der Waals surface area (Å²) in [6.07, 6.45) is 3.31. The third-order valence-electron chi connectivity index (χ3n) is 3.60. The Balaban J connectivity index is 1.81. The monoisotopic (exact) mass is 275 g/mol. The lowest BCUT2D eigenvalue weighted by Crippen LogP contribution is -2.40. The molecule has 1 aliphatic rings. The highest BCUT2D eigenvalue weighted by atomic mass is 16.5. The summed E-state index contributed by atoms with van der Waals surface area (Å²) in [4.78, 5) is 13.3. The molecule has 4 heteroatoms. The number of nitrogens with zero attached hydrogens (tertiary/aromatic N) is 1. The number of benzene rings is 1. The molecule has 0 saturated carbocycles. The molecule has 0 spiro atoms. The third kappa shape index (κ3) is 3.61. The Bertz CT molecular complexity index is 465. The molecule has 1 fully saturated rings. The molecule has 1 aliphatic heterocycles. The fourth-order valence-corrected chi connectivity index (χ4v) is 2.40. The molecule has 0 atom stereocenters. The minimum atomic E-state index is 0.00757. The van der Waals surface area contributed by atoms with Crippen LogP contribution in [0, 0.1) is 0 Å². The number of likely N-dealkylation sites (tertiary alicyclic amines) is 1. The van der Waals surface area contributed by atoms with Crippen molar-refractivity contribution in [3.05, 3.63) is 42.5 Å². The fraction of sp³-hybridized carbons (Fsp3) is 0.438. The van der Waals surface area contributed by atoms with Crippen molar-refractivity contribution in [3.8, 4) is 5.75 Å². The van der Waals surface area contributed by atoms with E-state index in [4.69, 9.17) is 9.47 Å². The Morgan fingerprint density at radius 3 is 2.75 bits per heavy atom. The molecule has 0 N–H and O–H groups in total. The van der Waals surface area contributed by atoms with Gasteiger partial charge in [-0.25, -0.2) is 0 Å². The van der Waals surface area contributed by atoms with Crippen LogP contribution in [-0.4, -0.2) is 37.1 Å². The summed E-state index contributed by atoms with van der Waals surface area (Å²) in [5, 5.41) is 0. The molecule has 0 unspecified atom stereocenters. The molecule has 20 heavy (non-hydrogen) atoms. The van der Waals surface area contributed by atoms with Crippen molar-refractivity contribution in [2.75, 3.05) is 20.2 Å². The lowest BCUT2D eigenvalue weighted by Gasteiger charge is -2.31. The second-order valence-electron chi connectivity index (χ2n) is 4.85. The highest BCUT2D eigenvalue weighted by Crippen LogP contribution is 2.21. The molecule has 0 aromatic heterocycles. The zero-order valence-electron chi connectivity index (χ0n) is 11.9. The molecule has 0 bridgehead atoms. The zero-order valence-corrected chi connectivity index (χ0v) is 11.9. The van der Waals surface area contributed by atoms with Crippen LogP contribution in [0.3, 0.4) is 0 Å². The molecular formula is C16H21NO3. The Morgan fingerprint density at radius 1 is 1.40 bits per heavy atom. The van der Waals surface area contributed by atoms with Crippen molar-refractivity contribution < 1.29 is 14.3 Å². The predicted molar refractivity (Wildman–Crippen MR) is 77.6 cm³/mol. The van der Waals surface area contributed by atoms with Crippen LogP contribution in [-0.2, 0) is 16.1 Å². The zero-order chi connectivity index (χ0) is 14.4. The molecule has 1 amide bonds. The molecule has 4 nitrogen and oxygen atoms in total. The number of amides is 1. The van der Waals surface area contributed by atoms with Crippen molar-refractivity contribution in [2.45, 2.75) is 25.6 Å². The molecule has 0 aliphatic carbocycles. The van der Waals surface area contributed by atoms with Gasteiger partial charge in [-0.15, -0.1) is 0 Å². The second kappa shape index (κ2) is 7.10. The van der Waals surface area contributed by atoms with Crippen LogP contribution in [0.2, 0.25) is 0 Å². The third-order valence-corrected chi connectivity index (χ3v) is 3.60. The normalized spacial score (nSPS) is 15.9. The first-order chi connectivity index (χ1) is 9.74. The maximum atomic E-state index is 11.5. The van der Waals surface area contributed by atoms with Gasteiger partial charge in [0.25, 0.3) is 0 Å². The van der Waals surface area contributed by atoms with Crippen LogP contribution >= 0.6 is 0 Å². The van der Waals surface area contributed by atoms with Crippen LogP contribution in [0.25, 0.3) is 0 Å². The lowest BCUT2D eigenvalue weighted by atomic mass is 10.1. The largest absolute Gasteiger partial charge is 0.496 e. The Hall–Kier alpha value is -1.81. The molecule has 0 radical (unpaired) electrons. The topological polar surface area (TPSA) is 38.8 Å². The smallest absolute Gasteiger partial charge is 0.245 e. The molecule has 1 aromatic rings. The average Bonchev–Trinajstić information content (AvgIpc) is 2.53. The summed E-state index contributed by atoms with van der Waals surface area (Å²) >= 11 is 0. The van der Waals surface area contributed by atoms with Crippen molar-refractivity contribution in [1.82, 2.24) is 4.90 Å². The minimum Gasteiger partial charge on any atom is -0.496 e. The number of para-hydroxylation sites is 1. The maximum absolute atomic E-state index is 11.5. The number of hydrogen-bond acceptors (Lipinski definition) is 3. The van der Waals surface area contributed by atoms with E-state index in [1.807, 2.05) is 29.2 Å². The Morgan fingerprint density at radius 2 is 2.10 bits per heavy atom. The highest BCUT2D eigenvalue weighted by molar-refractivity contribution is 5.87. The molecule has 2 rings (SSSR count). The number of rotatable bonds is 5. The van der Waals surface area contributed by atoms with Gasteiger partial charge in [0.15, 0.2) is 0 Å². The van der Waals surface area contributed by atoms with E-state index in [0.717, 1.165) is 37.2 Å². The molecule has 1 aromatic carbocycles. The highest BCUT2D eigenvalue weighted by Gasteiger charge is 2.21. The van der Waals surface area contributed by atoms with Gasteiger partial charge >= 0.3 is 0 Å². The fourth-order valence-electron chi connectivity index (χ4n) is 2.40. The van der Waals surface area contributed by atoms with E-state index in [9.17, 15) is 4.79 Å². The summed E-state index contributed by atoms with van der Waals surface area (Å²) in [7, 11) is 1.66. The Labute approximate surface area is 120 Å². The van der Waals surface area contributed by atoms with Crippen LogP contribution in [0.15, 0.2) is 36.9 Å². The standard InChI is InChI=1S/C16H21NO3/c1-3-16(18)17-10-8-14(9-11-17)20-12-13-6-4-5-7-15(13)19-2/h3-7,14H,1,8-12H2,2H3. The van der Waals surface area contributed by atoms with Crippen molar-refractivity contribution >= 4 is 5.91 Å². The number of carbonyl (C=O) groups excluding carboxylic acids is 1. The summed E-state index contributed by atoms with van der Waals surface area (Å²) in [6.45, 7) is 5.53. The second-order valence-corrected chi connectivity index (χ2v) is 4.85. The van der Waals surface area contributed by atoms with Gasteiger partial charge in [-0.2, -0.15) is 0 Å². The number of methoxy groups -OCH3 is 1. The van der Waals surface area contributed by atoms with E-state index in [1.165, 1.54) is 6.08 Å². The lowest BCUT2D eigenvalue weighted by molar-refractivity contribution is -0.128. The number of hydrogen-bond donors (Lipinski definition) is 0. The van der Waals surface area contributed by atoms with E-state index in [0.29, 0.717) is 6.61 Å². The van der Waals surface area contributed by atoms with Gasteiger partial charge in [0.05, 0.1) is 19.8 Å². The number of ether oxygens (including phenoxy) is 2. The van der Waals surface area contributed by atoms with Gasteiger partial charge in [0, 0.05) is 18.7 Å². The van der Waals surface area contributed by atoms with E-state index in [1.54, 1.807) is 7.11 Å². The van der Waals surface area contributed by atoms with E-state index in [-0.39, 0.29) is 12.0 Å². The SMILES string of the molecule is C=CC(=O)N1CCC(OCc2ccccc2OC)CC1.